The van der Waals surface area contributed by atoms with Crippen LogP contribution in [0, 0.1) is 17.6 Å². The highest BCUT2D eigenvalue weighted by atomic mass is 19.1. The van der Waals surface area contributed by atoms with Crippen LogP contribution in [-0.2, 0) is 22.1 Å². The molecule has 2 aromatic rings. The lowest BCUT2D eigenvalue weighted by Crippen LogP contribution is -2.54. The molecule has 0 bridgehead atoms. The molecule has 222 valence electrons. The summed E-state index contributed by atoms with van der Waals surface area (Å²) >= 11 is 0. The Bertz CT molecular complexity index is 1110. The molecule has 0 heterocycles. The van der Waals surface area contributed by atoms with Crippen LogP contribution < -0.4 is 10.6 Å². The average molecular weight is 561 g/mol. The molecule has 0 radical (unpaired) electrons. The van der Waals surface area contributed by atoms with Crippen molar-refractivity contribution in [2.45, 2.75) is 102 Å². The number of halogens is 2. The fourth-order valence-corrected chi connectivity index (χ4v) is 5.37. The fourth-order valence-electron chi connectivity index (χ4n) is 5.37. The monoisotopic (exact) mass is 560 g/mol. The normalized spacial score (nSPS) is 21.5. The number of carbonyl (C=O) groups is 1. The van der Waals surface area contributed by atoms with Crippen molar-refractivity contribution in [3.63, 3.8) is 0 Å². The van der Waals surface area contributed by atoms with Gasteiger partial charge in [-0.25, -0.2) is 13.6 Å². The van der Waals surface area contributed by atoms with E-state index >= 15 is 0 Å². The summed E-state index contributed by atoms with van der Waals surface area (Å²) in [5, 5.41) is 27.5. The zero-order valence-electron chi connectivity index (χ0n) is 24.7. The molecule has 2 atom stereocenters. The standard InChI is InChI=1S/C32H46F2N2O4/c1-30(2,3)23-8-7-9-24(17-23)32(12-10-21(20-37)11-13-32)35-19-28(38)27(36-29(39)40-31(4,5)6)16-22-14-25(33)18-26(34)15-22/h7-9,14-15,17-18,21,27-28,35,37-38H,10-13,16,19-20H2,1-6H3,(H,36,39)/t21?,27-,28-,32?/m1/s1. The van der Waals surface area contributed by atoms with Crippen LogP contribution in [0.4, 0.5) is 13.6 Å². The van der Waals surface area contributed by atoms with E-state index in [0.717, 1.165) is 37.3 Å². The van der Waals surface area contributed by atoms with Gasteiger partial charge in [0.2, 0.25) is 0 Å². The van der Waals surface area contributed by atoms with Gasteiger partial charge in [0, 0.05) is 24.8 Å². The Morgan fingerprint density at radius 3 is 2.23 bits per heavy atom. The third kappa shape index (κ3) is 8.98. The van der Waals surface area contributed by atoms with Gasteiger partial charge in [-0.05, 0) is 93.0 Å². The Balaban J connectivity index is 1.86. The molecular weight excluding hydrogens is 514 g/mol. The van der Waals surface area contributed by atoms with Crippen LogP contribution in [0.15, 0.2) is 42.5 Å². The van der Waals surface area contributed by atoms with E-state index in [1.54, 1.807) is 20.8 Å². The summed E-state index contributed by atoms with van der Waals surface area (Å²) in [6.45, 7) is 12.0. The van der Waals surface area contributed by atoms with Crippen LogP contribution in [0.3, 0.4) is 0 Å². The number of alkyl carbamates (subject to hydrolysis) is 1. The summed E-state index contributed by atoms with van der Waals surface area (Å²) in [5.41, 5.74) is 1.41. The van der Waals surface area contributed by atoms with Crippen molar-refractivity contribution in [2.24, 2.45) is 5.92 Å². The third-order valence-corrected chi connectivity index (χ3v) is 7.69. The van der Waals surface area contributed by atoms with Gasteiger partial charge in [0.15, 0.2) is 0 Å². The molecule has 1 aliphatic rings. The Kier molecular flexibility index (Phi) is 10.4. The van der Waals surface area contributed by atoms with Crippen molar-refractivity contribution in [1.82, 2.24) is 10.6 Å². The molecule has 40 heavy (non-hydrogen) atoms. The Morgan fingerprint density at radius 1 is 1.05 bits per heavy atom. The number of amides is 1. The van der Waals surface area contributed by atoms with E-state index in [1.807, 2.05) is 0 Å². The highest BCUT2D eigenvalue weighted by Crippen LogP contribution is 2.40. The first-order chi connectivity index (χ1) is 18.6. The Hall–Kier alpha value is -2.55. The van der Waals surface area contributed by atoms with E-state index in [9.17, 15) is 23.8 Å². The minimum atomic E-state index is -1.09. The molecule has 3 rings (SSSR count). The fraction of sp³-hybridized carbons (Fsp3) is 0.594. The van der Waals surface area contributed by atoms with Crippen LogP contribution in [-0.4, -0.2) is 47.2 Å². The summed E-state index contributed by atoms with van der Waals surface area (Å²) in [6.07, 6.45) is 1.43. The van der Waals surface area contributed by atoms with E-state index in [-0.39, 0.29) is 30.9 Å². The third-order valence-electron chi connectivity index (χ3n) is 7.69. The number of hydrogen-bond donors (Lipinski definition) is 4. The van der Waals surface area contributed by atoms with E-state index in [2.05, 4.69) is 55.7 Å². The summed E-state index contributed by atoms with van der Waals surface area (Å²) in [6, 6.07) is 10.8. The minimum absolute atomic E-state index is 0.00979. The first kappa shape index (κ1) is 32.0. The zero-order chi connectivity index (χ0) is 29.7. The second-order valence-electron chi connectivity index (χ2n) is 13.2. The van der Waals surface area contributed by atoms with Gasteiger partial charge >= 0.3 is 6.09 Å². The predicted octanol–water partition coefficient (Wildman–Crippen LogP) is 5.73. The maximum absolute atomic E-state index is 13.9. The summed E-state index contributed by atoms with van der Waals surface area (Å²) in [5.74, 6) is -1.22. The molecule has 4 N–H and O–H groups in total. The highest BCUT2D eigenvalue weighted by molar-refractivity contribution is 5.68. The first-order valence-corrected chi connectivity index (χ1v) is 14.2. The molecular formula is C32H46F2N2O4. The van der Waals surface area contributed by atoms with E-state index < -0.39 is 41.0 Å². The Labute approximate surface area is 237 Å². The zero-order valence-corrected chi connectivity index (χ0v) is 24.7. The second-order valence-corrected chi connectivity index (χ2v) is 13.2. The van der Waals surface area contributed by atoms with Gasteiger partial charge in [-0.2, -0.15) is 0 Å². The summed E-state index contributed by atoms with van der Waals surface area (Å²) in [7, 11) is 0. The van der Waals surface area contributed by atoms with Crippen LogP contribution in [0.5, 0.6) is 0 Å². The molecule has 1 fully saturated rings. The molecule has 1 saturated carbocycles. The largest absolute Gasteiger partial charge is 0.444 e. The number of ether oxygens (including phenoxy) is 1. The van der Waals surface area contributed by atoms with Crippen molar-refractivity contribution >= 4 is 6.09 Å². The topological polar surface area (TPSA) is 90.8 Å². The number of hydrogen-bond acceptors (Lipinski definition) is 5. The molecule has 0 aromatic heterocycles. The van der Waals surface area contributed by atoms with E-state index in [0.29, 0.717) is 5.56 Å². The molecule has 0 spiro atoms. The van der Waals surface area contributed by atoms with Gasteiger partial charge in [0.05, 0.1) is 12.1 Å². The lowest BCUT2D eigenvalue weighted by molar-refractivity contribution is 0.0402. The number of aliphatic hydroxyl groups is 2. The second kappa shape index (κ2) is 13.0. The van der Waals surface area contributed by atoms with Gasteiger partial charge in [-0.15, -0.1) is 0 Å². The predicted molar refractivity (Wildman–Crippen MR) is 153 cm³/mol. The number of carbonyl (C=O) groups excluding carboxylic acids is 1. The quantitative estimate of drug-likeness (QED) is 0.315. The van der Waals surface area contributed by atoms with Crippen LogP contribution >= 0.6 is 0 Å². The SMILES string of the molecule is CC(C)(C)OC(=O)N[C@H](Cc1cc(F)cc(F)c1)[C@H](O)CNC1(c2cccc(C(C)(C)C)c2)CCC(CO)CC1. The molecule has 6 nitrogen and oxygen atoms in total. The molecule has 2 aromatic carbocycles. The van der Waals surface area contributed by atoms with Crippen molar-refractivity contribution in [1.29, 1.82) is 0 Å². The van der Waals surface area contributed by atoms with Crippen molar-refractivity contribution < 1.29 is 28.5 Å². The molecule has 1 aliphatic carbocycles. The van der Waals surface area contributed by atoms with E-state index in [4.69, 9.17) is 4.74 Å². The number of rotatable bonds is 9. The minimum Gasteiger partial charge on any atom is -0.444 e. The average Bonchev–Trinajstić information content (AvgIpc) is 2.85. The summed E-state index contributed by atoms with van der Waals surface area (Å²) in [4.78, 5) is 12.7. The van der Waals surface area contributed by atoms with Gasteiger partial charge in [0.25, 0.3) is 0 Å². The number of nitrogens with one attached hydrogen (secondary N) is 2. The maximum atomic E-state index is 13.9. The number of benzene rings is 2. The van der Waals surface area contributed by atoms with Gasteiger partial charge < -0.3 is 25.6 Å². The molecule has 0 saturated heterocycles. The first-order valence-electron chi connectivity index (χ1n) is 14.2. The number of aliphatic hydroxyl groups excluding tert-OH is 2. The van der Waals surface area contributed by atoms with Crippen LogP contribution in [0.2, 0.25) is 0 Å². The lowest BCUT2D eigenvalue weighted by atomic mass is 9.71. The molecule has 8 heteroatoms. The smallest absolute Gasteiger partial charge is 0.407 e. The van der Waals surface area contributed by atoms with Crippen LogP contribution in [0.25, 0.3) is 0 Å². The van der Waals surface area contributed by atoms with Crippen LogP contribution in [0.1, 0.15) is 83.9 Å². The van der Waals surface area contributed by atoms with Gasteiger partial charge in [0.1, 0.15) is 17.2 Å². The highest BCUT2D eigenvalue weighted by Gasteiger charge is 2.38. The van der Waals surface area contributed by atoms with Crippen molar-refractivity contribution in [3.8, 4) is 0 Å². The molecule has 0 unspecified atom stereocenters. The maximum Gasteiger partial charge on any atom is 0.407 e. The van der Waals surface area contributed by atoms with E-state index in [1.165, 1.54) is 17.7 Å². The lowest BCUT2D eigenvalue weighted by Gasteiger charge is -2.43. The molecule has 1 amide bonds. The Morgan fingerprint density at radius 2 is 1.68 bits per heavy atom. The van der Waals surface area contributed by atoms with Gasteiger partial charge in [-0.3, -0.25) is 0 Å². The summed E-state index contributed by atoms with van der Waals surface area (Å²) < 4.78 is 33.3. The van der Waals surface area contributed by atoms with Crippen molar-refractivity contribution in [2.75, 3.05) is 13.2 Å². The van der Waals surface area contributed by atoms with Gasteiger partial charge in [-0.1, -0.05) is 45.0 Å². The molecule has 0 aliphatic heterocycles. The van der Waals surface area contributed by atoms with Crippen molar-refractivity contribution in [3.05, 3.63) is 70.8 Å².